The van der Waals surface area contributed by atoms with Crippen molar-refractivity contribution in [2.45, 2.75) is 25.0 Å². The highest BCUT2D eigenvalue weighted by Crippen LogP contribution is 2.26. The molecule has 0 spiro atoms. The van der Waals surface area contributed by atoms with E-state index in [2.05, 4.69) is 15.9 Å². The van der Waals surface area contributed by atoms with Crippen molar-refractivity contribution in [3.05, 3.63) is 33.8 Å². The average molecular weight is 363 g/mol. The van der Waals surface area contributed by atoms with Crippen LogP contribution in [0.3, 0.4) is 0 Å². The van der Waals surface area contributed by atoms with Crippen molar-refractivity contribution in [1.82, 2.24) is 4.90 Å². The molecule has 1 amide bonds. The third kappa shape index (κ3) is 3.41. The number of hydrogen-bond donors (Lipinski definition) is 1. The quantitative estimate of drug-likeness (QED) is 0.839. The van der Waals surface area contributed by atoms with Gasteiger partial charge in [-0.1, -0.05) is 0 Å². The standard InChI is InChI=1S/C14H17BrF2N2O2/c1-21-9-2-3-19(8(4-9)7-18)14(20)10-5-12(16)13(17)6-11(10)15/h5-6,8-9H,2-4,7,18H2,1H3. The van der Waals surface area contributed by atoms with Gasteiger partial charge in [0.2, 0.25) is 0 Å². The second kappa shape index (κ2) is 6.81. The molecule has 1 saturated heterocycles. The highest BCUT2D eigenvalue weighted by atomic mass is 79.9. The van der Waals surface area contributed by atoms with Crippen molar-refractivity contribution >= 4 is 21.8 Å². The Morgan fingerprint density at radius 1 is 1.48 bits per heavy atom. The summed E-state index contributed by atoms with van der Waals surface area (Å²) in [4.78, 5) is 14.2. The Morgan fingerprint density at radius 2 is 2.14 bits per heavy atom. The van der Waals surface area contributed by atoms with E-state index in [1.165, 1.54) is 0 Å². The van der Waals surface area contributed by atoms with Gasteiger partial charge in [0, 0.05) is 30.7 Å². The lowest BCUT2D eigenvalue weighted by Gasteiger charge is -2.38. The molecule has 4 nitrogen and oxygen atoms in total. The number of methoxy groups -OCH3 is 1. The van der Waals surface area contributed by atoms with Crippen LogP contribution < -0.4 is 5.73 Å². The van der Waals surface area contributed by atoms with Gasteiger partial charge in [-0.2, -0.15) is 0 Å². The molecule has 2 unspecified atom stereocenters. The molecule has 0 aliphatic carbocycles. The lowest BCUT2D eigenvalue weighted by Crippen LogP contribution is -2.51. The highest BCUT2D eigenvalue weighted by Gasteiger charge is 2.32. The number of likely N-dealkylation sites (tertiary alicyclic amines) is 1. The van der Waals surface area contributed by atoms with Gasteiger partial charge in [0.1, 0.15) is 0 Å². The Morgan fingerprint density at radius 3 is 2.76 bits per heavy atom. The largest absolute Gasteiger partial charge is 0.381 e. The first kappa shape index (κ1) is 16.3. The summed E-state index contributed by atoms with van der Waals surface area (Å²) < 4.78 is 32.0. The zero-order valence-electron chi connectivity index (χ0n) is 11.6. The van der Waals surface area contributed by atoms with E-state index in [0.29, 0.717) is 25.9 Å². The number of benzene rings is 1. The summed E-state index contributed by atoms with van der Waals surface area (Å²) in [5, 5.41) is 0. The minimum atomic E-state index is -1.04. The van der Waals surface area contributed by atoms with Crippen LogP contribution in [0.5, 0.6) is 0 Å². The number of hydrogen-bond acceptors (Lipinski definition) is 3. The monoisotopic (exact) mass is 362 g/mol. The maximum atomic E-state index is 13.4. The predicted molar refractivity (Wildman–Crippen MR) is 78.0 cm³/mol. The summed E-state index contributed by atoms with van der Waals surface area (Å²) in [6.45, 7) is 0.775. The molecular weight excluding hydrogens is 346 g/mol. The average Bonchev–Trinajstić information content (AvgIpc) is 2.49. The second-order valence-electron chi connectivity index (χ2n) is 5.02. The summed E-state index contributed by atoms with van der Waals surface area (Å²) in [6.07, 6.45) is 1.40. The van der Waals surface area contributed by atoms with E-state index in [1.54, 1.807) is 12.0 Å². The number of amides is 1. The fourth-order valence-corrected chi connectivity index (χ4v) is 3.05. The Balaban J connectivity index is 2.25. The maximum Gasteiger partial charge on any atom is 0.255 e. The van der Waals surface area contributed by atoms with Crippen LogP contribution in [-0.4, -0.2) is 43.2 Å². The second-order valence-corrected chi connectivity index (χ2v) is 5.87. The number of nitrogens with zero attached hydrogens (tertiary/aromatic N) is 1. The molecule has 1 aliphatic heterocycles. The molecule has 1 heterocycles. The molecule has 0 saturated carbocycles. The van der Waals surface area contributed by atoms with Gasteiger partial charge in [0.05, 0.1) is 11.7 Å². The molecule has 1 aromatic carbocycles. The van der Waals surface area contributed by atoms with Crippen LogP contribution in [0.4, 0.5) is 8.78 Å². The van der Waals surface area contributed by atoms with Crippen molar-refractivity contribution in [2.24, 2.45) is 5.73 Å². The molecule has 0 aromatic heterocycles. The van der Waals surface area contributed by atoms with Crippen LogP contribution in [-0.2, 0) is 4.74 Å². The smallest absolute Gasteiger partial charge is 0.255 e. The minimum absolute atomic E-state index is 0.0657. The molecule has 21 heavy (non-hydrogen) atoms. The fraction of sp³-hybridized carbons (Fsp3) is 0.500. The first-order chi connectivity index (χ1) is 9.97. The molecule has 2 atom stereocenters. The zero-order valence-corrected chi connectivity index (χ0v) is 13.2. The third-order valence-electron chi connectivity index (χ3n) is 3.77. The van der Waals surface area contributed by atoms with Crippen LogP contribution >= 0.6 is 15.9 Å². The molecule has 0 radical (unpaired) electrons. The van der Waals surface area contributed by atoms with Crippen molar-refractivity contribution in [3.63, 3.8) is 0 Å². The lowest BCUT2D eigenvalue weighted by molar-refractivity contribution is 0.0138. The summed E-state index contributed by atoms with van der Waals surface area (Å²) in [5.41, 5.74) is 5.82. The third-order valence-corrected chi connectivity index (χ3v) is 4.43. The number of halogens is 3. The number of carbonyl (C=O) groups is 1. The molecule has 116 valence electrons. The number of nitrogens with two attached hydrogens (primary N) is 1. The molecule has 2 N–H and O–H groups in total. The van der Waals surface area contributed by atoms with Crippen molar-refractivity contribution in [2.75, 3.05) is 20.2 Å². The van der Waals surface area contributed by atoms with Gasteiger partial charge in [0.15, 0.2) is 11.6 Å². The first-order valence-electron chi connectivity index (χ1n) is 6.66. The topological polar surface area (TPSA) is 55.6 Å². The van der Waals surface area contributed by atoms with Crippen LogP contribution in [0, 0.1) is 11.6 Å². The van der Waals surface area contributed by atoms with Crippen LogP contribution in [0.15, 0.2) is 16.6 Å². The van der Waals surface area contributed by atoms with E-state index in [1.807, 2.05) is 0 Å². The van der Waals surface area contributed by atoms with Crippen molar-refractivity contribution < 1.29 is 18.3 Å². The Bertz CT molecular complexity index is 542. The summed E-state index contributed by atoms with van der Waals surface area (Å²) in [5.74, 6) is -2.39. The maximum absolute atomic E-state index is 13.4. The van der Waals surface area contributed by atoms with Gasteiger partial charge < -0.3 is 15.4 Å². The molecule has 2 rings (SSSR count). The SMILES string of the molecule is COC1CCN(C(=O)c2cc(F)c(F)cc2Br)C(CN)C1. The molecular formula is C14H17BrF2N2O2. The number of carbonyl (C=O) groups excluding carboxylic acids is 1. The molecule has 1 aromatic rings. The van der Waals surface area contributed by atoms with Gasteiger partial charge in [-0.25, -0.2) is 8.78 Å². The van der Waals surface area contributed by atoms with E-state index in [4.69, 9.17) is 10.5 Å². The van der Waals surface area contributed by atoms with Crippen molar-refractivity contribution in [3.8, 4) is 0 Å². The van der Waals surface area contributed by atoms with E-state index >= 15 is 0 Å². The zero-order chi connectivity index (χ0) is 15.6. The molecule has 1 aliphatic rings. The van der Waals surface area contributed by atoms with Gasteiger partial charge >= 0.3 is 0 Å². The molecule has 0 bridgehead atoms. The van der Waals surface area contributed by atoms with E-state index < -0.39 is 11.6 Å². The van der Waals surface area contributed by atoms with E-state index in [-0.39, 0.29) is 28.1 Å². The van der Waals surface area contributed by atoms with Crippen LogP contribution in [0.25, 0.3) is 0 Å². The summed E-state index contributed by atoms with van der Waals surface area (Å²) >= 11 is 3.11. The number of rotatable bonds is 3. The lowest BCUT2D eigenvalue weighted by atomic mass is 9.98. The Kier molecular flexibility index (Phi) is 5.29. The fourth-order valence-electron chi connectivity index (χ4n) is 2.56. The van der Waals surface area contributed by atoms with E-state index in [9.17, 15) is 13.6 Å². The van der Waals surface area contributed by atoms with Gasteiger partial charge in [-0.3, -0.25) is 4.79 Å². The van der Waals surface area contributed by atoms with Crippen LogP contribution in [0.1, 0.15) is 23.2 Å². The molecule has 7 heteroatoms. The Labute approximate surface area is 130 Å². The highest BCUT2D eigenvalue weighted by molar-refractivity contribution is 9.10. The molecule has 1 fully saturated rings. The normalized spacial score (nSPS) is 22.4. The van der Waals surface area contributed by atoms with Gasteiger partial charge in [0.25, 0.3) is 5.91 Å². The van der Waals surface area contributed by atoms with E-state index in [0.717, 1.165) is 12.1 Å². The van der Waals surface area contributed by atoms with Crippen LogP contribution in [0.2, 0.25) is 0 Å². The number of ether oxygens (including phenoxy) is 1. The predicted octanol–water partition coefficient (Wildman–Crippen LogP) is 2.31. The summed E-state index contributed by atoms with van der Waals surface area (Å²) in [7, 11) is 1.63. The summed E-state index contributed by atoms with van der Waals surface area (Å²) in [6, 6.07) is 1.70. The number of piperidine rings is 1. The minimum Gasteiger partial charge on any atom is -0.381 e. The van der Waals surface area contributed by atoms with Gasteiger partial charge in [-0.15, -0.1) is 0 Å². The van der Waals surface area contributed by atoms with Crippen molar-refractivity contribution in [1.29, 1.82) is 0 Å². The van der Waals surface area contributed by atoms with Gasteiger partial charge in [-0.05, 0) is 40.9 Å². The first-order valence-corrected chi connectivity index (χ1v) is 7.45. The Hall–Kier alpha value is -1.05.